The highest BCUT2D eigenvalue weighted by atomic mass is 16.5. The molecule has 2 aliphatic heterocycles. The normalized spacial score (nSPS) is 28.9. The molecule has 0 amide bonds. The van der Waals surface area contributed by atoms with Crippen molar-refractivity contribution in [1.82, 2.24) is 25.2 Å². The first-order chi connectivity index (χ1) is 10.7. The van der Waals surface area contributed by atoms with Gasteiger partial charge in [0.1, 0.15) is 17.7 Å². The lowest BCUT2D eigenvalue weighted by molar-refractivity contribution is -0.0123. The van der Waals surface area contributed by atoms with Crippen LogP contribution in [0.25, 0.3) is 0 Å². The van der Waals surface area contributed by atoms with Crippen LogP contribution in [0.3, 0.4) is 0 Å². The molecular formula is C15H21N5O2. The molecule has 3 atom stereocenters. The van der Waals surface area contributed by atoms with Gasteiger partial charge in [-0.15, -0.1) is 0 Å². The molecule has 2 saturated heterocycles. The molecule has 2 fully saturated rings. The Morgan fingerprint density at radius 2 is 2.32 bits per heavy atom. The molecule has 22 heavy (non-hydrogen) atoms. The quantitative estimate of drug-likeness (QED) is 0.930. The van der Waals surface area contributed by atoms with Gasteiger partial charge in [-0.3, -0.25) is 10.00 Å². The number of ether oxygens (including phenoxy) is 1. The average Bonchev–Trinajstić information content (AvgIpc) is 3.18. The molecule has 0 aromatic carbocycles. The number of H-pyrrole nitrogens is 1. The SMILES string of the molecule is Cc1nc([C@@H]2C[C@H]3CCN(Cc4cc(C)on4)C[C@@H]3O2)n[nH]1. The Bertz CT molecular complexity index is 652. The molecule has 2 aromatic heterocycles. The molecule has 7 nitrogen and oxygen atoms in total. The van der Waals surface area contributed by atoms with E-state index in [9.17, 15) is 0 Å². The van der Waals surface area contributed by atoms with E-state index in [4.69, 9.17) is 9.26 Å². The van der Waals surface area contributed by atoms with Crippen LogP contribution in [-0.2, 0) is 11.3 Å². The lowest BCUT2D eigenvalue weighted by atomic mass is 9.91. The van der Waals surface area contributed by atoms with Gasteiger partial charge >= 0.3 is 0 Å². The summed E-state index contributed by atoms with van der Waals surface area (Å²) >= 11 is 0. The van der Waals surface area contributed by atoms with E-state index in [0.29, 0.717) is 5.92 Å². The first-order valence-corrected chi connectivity index (χ1v) is 7.86. The van der Waals surface area contributed by atoms with Crippen molar-refractivity contribution in [1.29, 1.82) is 0 Å². The zero-order chi connectivity index (χ0) is 15.1. The van der Waals surface area contributed by atoms with E-state index in [2.05, 4.69) is 25.2 Å². The van der Waals surface area contributed by atoms with Crippen molar-refractivity contribution < 1.29 is 9.26 Å². The van der Waals surface area contributed by atoms with Gasteiger partial charge in [0, 0.05) is 19.2 Å². The summed E-state index contributed by atoms with van der Waals surface area (Å²) in [7, 11) is 0. The maximum atomic E-state index is 6.21. The van der Waals surface area contributed by atoms with Crippen molar-refractivity contribution in [3.8, 4) is 0 Å². The summed E-state index contributed by atoms with van der Waals surface area (Å²) in [6, 6.07) is 2.00. The third kappa shape index (κ3) is 2.66. The van der Waals surface area contributed by atoms with Crippen LogP contribution >= 0.6 is 0 Å². The van der Waals surface area contributed by atoms with E-state index >= 15 is 0 Å². The number of piperidine rings is 1. The summed E-state index contributed by atoms with van der Waals surface area (Å²) < 4.78 is 11.3. The number of aryl methyl sites for hydroxylation is 2. The average molecular weight is 303 g/mol. The van der Waals surface area contributed by atoms with Crippen molar-refractivity contribution in [2.24, 2.45) is 5.92 Å². The molecule has 2 aliphatic rings. The van der Waals surface area contributed by atoms with Crippen LogP contribution in [0.15, 0.2) is 10.6 Å². The fraction of sp³-hybridized carbons (Fsp3) is 0.667. The first-order valence-electron chi connectivity index (χ1n) is 7.86. The molecule has 1 N–H and O–H groups in total. The van der Waals surface area contributed by atoms with E-state index in [0.717, 1.165) is 55.6 Å². The van der Waals surface area contributed by atoms with Crippen LogP contribution < -0.4 is 0 Å². The predicted octanol–water partition coefficient (Wildman–Crippen LogP) is 1.76. The number of nitrogens with zero attached hydrogens (tertiary/aromatic N) is 4. The van der Waals surface area contributed by atoms with E-state index in [-0.39, 0.29) is 12.2 Å². The van der Waals surface area contributed by atoms with E-state index in [1.54, 1.807) is 0 Å². The van der Waals surface area contributed by atoms with Gasteiger partial charge in [-0.25, -0.2) is 4.98 Å². The van der Waals surface area contributed by atoms with Crippen molar-refractivity contribution in [3.63, 3.8) is 0 Å². The summed E-state index contributed by atoms with van der Waals surface area (Å²) in [5, 5.41) is 11.2. The molecule has 118 valence electrons. The first kappa shape index (κ1) is 13.9. The van der Waals surface area contributed by atoms with Crippen molar-refractivity contribution in [2.75, 3.05) is 13.1 Å². The second-order valence-electron chi connectivity index (χ2n) is 6.39. The van der Waals surface area contributed by atoms with E-state index in [1.807, 2.05) is 19.9 Å². The van der Waals surface area contributed by atoms with Gasteiger partial charge in [-0.2, -0.15) is 5.10 Å². The van der Waals surface area contributed by atoms with Gasteiger partial charge in [0.2, 0.25) is 0 Å². The zero-order valence-corrected chi connectivity index (χ0v) is 13.0. The van der Waals surface area contributed by atoms with Gasteiger partial charge in [0.15, 0.2) is 5.82 Å². The molecule has 0 bridgehead atoms. The van der Waals surface area contributed by atoms with Gasteiger partial charge in [0.05, 0.1) is 11.8 Å². The molecule has 2 aromatic rings. The Labute approximate surface area is 129 Å². The van der Waals surface area contributed by atoms with Gasteiger partial charge < -0.3 is 9.26 Å². The number of fused-ring (bicyclic) bond motifs is 1. The third-order valence-electron chi connectivity index (χ3n) is 4.60. The van der Waals surface area contributed by atoms with Gasteiger partial charge in [-0.1, -0.05) is 5.16 Å². The minimum atomic E-state index is 0.0363. The molecule has 0 spiro atoms. The lowest BCUT2D eigenvalue weighted by Crippen LogP contribution is -2.41. The lowest BCUT2D eigenvalue weighted by Gasteiger charge is -2.33. The van der Waals surface area contributed by atoms with Crippen LogP contribution in [0.4, 0.5) is 0 Å². The van der Waals surface area contributed by atoms with E-state index in [1.165, 1.54) is 0 Å². The number of rotatable bonds is 3. The largest absolute Gasteiger partial charge is 0.365 e. The van der Waals surface area contributed by atoms with Crippen LogP contribution in [0.2, 0.25) is 0 Å². The third-order valence-corrected chi connectivity index (χ3v) is 4.60. The highest BCUT2D eigenvalue weighted by molar-refractivity contribution is 5.04. The van der Waals surface area contributed by atoms with Crippen molar-refractivity contribution in [2.45, 2.75) is 45.4 Å². The monoisotopic (exact) mass is 303 g/mol. The molecule has 4 rings (SSSR count). The zero-order valence-electron chi connectivity index (χ0n) is 13.0. The number of hydrogen-bond acceptors (Lipinski definition) is 6. The van der Waals surface area contributed by atoms with Crippen LogP contribution in [0, 0.1) is 19.8 Å². The smallest absolute Gasteiger partial charge is 0.179 e. The highest BCUT2D eigenvalue weighted by Gasteiger charge is 2.41. The predicted molar refractivity (Wildman–Crippen MR) is 78.0 cm³/mol. The standard InChI is InChI=1S/C15H21N5O2/c1-9-5-12(19-22-9)7-20-4-3-11-6-13(21-14(11)8-20)15-16-10(2)17-18-15/h5,11,13-14H,3-4,6-8H2,1-2H3,(H,16,17,18)/t11-,13+,14+/m1/s1. The number of likely N-dealkylation sites (tertiary alicyclic amines) is 1. The van der Waals surface area contributed by atoms with Gasteiger partial charge in [0.25, 0.3) is 0 Å². The Balaban J connectivity index is 1.39. The summed E-state index contributed by atoms with van der Waals surface area (Å²) in [6.07, 6.45) is 2.49. The van der Waals surface area contributed by atoms with E-state index < -0.39 is 0 Å². The van der Waals surface area contributed by atoms with Crippen LogP contribution in [-0.4, -0.2) is 44.4 Å². The molecule has 0 unspecified atom stereocenters. The fourth-order valence-electron chi connectivity index (χ4n) is 3.53. The number of aromatic amines is 1. The second kappa shape index (κ2) is 5.48. The maximum absolute atomic E-state index is 6.21. The van der Waals surface area contributed by atoms with Gasteiger partial charge in [-0.05, 0) is 39.2 Å². The van der Waals surface area contributed by atoms with Crippen molar-refractivity contribution >= 4 is 0 Å². The highest BCUT2D eigenvalue weighted by Crippen LogP contribution is 2.40. The molecule has 0 radical (unpaired) electrons. The number of hydrogen-bond donors (Lipinski definition) is 1. The molecule has 0 aliphatic carbocycles. The molecule has 7 heteroatoms. The molecular weight excluding hydrogens is 282 g/mol. The topological polar surface area (TPSA) is 80.1 Å². The van der Waals surface area contributed by atoms with Crippen molar-refractivity contribution in [3.05, 3.63) is 29.2 Å². The Morgan fingerprint density at radius 3 is 3.05 bits per heavy atom. The Kier molecular flexibility index (Phi) is 3.46. The van der Waals surface area contributed by atoms with Crippen LogP contribution in [0.1, 0.15) is 42.0 Å². The molecule has 0 saturated carbocycles. The Morgan fingerprint density at radius 1 is 1.41 bits per heavy atom. The Hall–Kier alpha value is -1.73. The summed E-state index contributed by atoms with van der Waals surface area (Å²) in [5.74, 6) is 3.11. The van der Waals surface area contributed by atoms with Crippen LogP contribution in [0.5, 0.6) is 0 Å². The second-order valence-corrected chi connectivity index (χ2v) is 6.39. The fourth-order valence-corrected chi connectivity index (χ4v) is 3.53. The summed E-state index contributed by atoms with van der Waals surface area (Å²) in [4.78, 5) is 6.81. The maximum Gasteiger partial charge on any atom is 0.179 e. The summed E-state index contributed by atoms with van der Waals surface area (Å²) in [5.41, 5.74) is 0.995. The minimum Gasteiger partial charge on any atom is -0.365 e. The minimum absolute atomic E-state index is 0.0363. The number of aromatic nitrogens is 4. The summed E-state index contributed by atoms with van der Waals surface area (Å²) in [6.45, 7) is 6.69. The number of nitrogens with one attached hydrogen (secondary N) is 1. The molecule has 4 heterocycles.